The fraction of sp³-hybridized carbons (Fsp3) is 0.800. The molecule has 1 aliphatic heterocycles. The Morgan fingerprint density at radius 3 is 2.46 bits per heavy atom. The number of hydrogen-bond acceptors (Lipinski definition) is 6. The molecule has 24 heavy (non-hydrogen) atoms. The van der Waals surface area contributed by atoms with E-state index in [1.165, 1.54) is 0 Å². The van der Waals surface area contributed by atoms with Crippen LogP contribution in [0, 0.1) is 0 Å². The molecule has 1 aliphatic rings. The highest BCUT2D eigenvalue weighted by atomic mass is 32.1. The van der Waals surface area contributed by atoms with Gasteiger partial charge in [0, 0.05) is 45.0 Å². The molecule has 0 aromatic rings. The Morgan fingerprint density at radius 1 is 1.29 bits per heavy atom. The predicted octanol–water partition coefficient (Wildman–Crippen LogP) is 0.292. The molecule has 9 heteroatoms. The smallest absolute Gasteiger partial charge is 0.409 e. The first-order valence-electron chi connectivity index (χ1n) is 8.41. The molecule has 0 radical (unpaired) electrons. The van der Waals surface area contributed by atoms with E-state index >= 15 is 0 Å². The Labute approximate surface area is 150 Å². The summed E-state index contributed by atoms with van der Waals surface area (Å²) >= 11 is 4.71. The average Bonchev–Trinajstić information content (AvgIpc) is 2.57. The third-order valence-corrected chi connectivity index (χ3v) is 4.06. The number of piperazine rings is 1. The van der Waals surface area contributed by atoms with Gasteiger partial charge >= 0.3 is 6.09 Å². The van der Waals surface area contributed by atoms with Gasteiger partial charge in [-0.1, -0.05) is 13.8 Å². The number of nitrogens with two attached hydrogens (primary N) is 1. The highest BCUT2D eigenvalue weighted by Gasteiger charge is 2.22. The summed E-state index contributed by atoms with van der Waals surface area (Å²) in [5.41, 5.74) is 8.83. The number of amides is 1. The Hall–Kier alpha value is -1.45. The van der Waals surface area contributed by atoms with Crippen molar-refractivity contribution in [2.75, 3.05) is 59.0 Å². The van der Waals surface area contributed by atoms with Gasteiger partial charge in [-0.15, -0.1) is 0 Å². The molecule has 0 aromatic heterocycles. The molecule has 1 rings (SSSR count). The largest absolute Gasteiger partial charge is 0.448 e. The van der Waals surface area contributed by atoms with Crippen molar-refractivity contribution in [2.45, 2.75) is 20.8 Å². The van der Waals surface area contributed by atoms with Crippen molar-refractivity contribution < 1.29 is 9.53 Å². The van der Waals surface area contributed by atoms with Crippen molar-refractivity contribution >= 4 is 29.1 Å². The summed E-state index contributed by atoms with van der Waals surface area (Å²) in [6.07, 6.45) is -0.220. The quantitative estimate of drug-likeness (QED) is 0.366. The number of likely N-dealkylation sites (N-methyl/N-ethyl adjacent to an activating group) is 1. The first-order valence-corrected chi connectivity index (χ1v) is 8.82. The molecule has 3 N–H and O–H groups in total. The van der Waals surface area contributed by atoms with Crippen LogP contribution in [0.4, 0.5) is 4.79 Å². The monoisotopic (exact) mass is 358 g/mol. The Balaban J connectivity index is 2.26. The second-order valence-corrected chi connectivity index (χ2v) is 6.17. The van der Waals surface area contributed by atoms with Crippen molar-refractivity contribution in [3.05, 3.63) is 0 Å². The minimum Gasteiger partial charge on any atom is -0.448 e. The van der Waals surface area contributed by atoms with Gasteiger partial charge in [0.05, 0.1) is 0 Å². The Bertz CT molecular complexity index is 434. The van der Waals surface area contributed by atoms with Crippen molar-refractivity contribution in [3.8, 4) is 0 Å². The van der Waals surface area contributed by atoms with Gasteiger partial charge < -0.3 is 20.3 Å². The lowest BCUT2D eigenvalue weighted by atomic mass is 10.3. The lowest BCUT2D eigenvalue weighted by molar-refractivity contribution is 0.0725. The normalized spacial score (nSPS) is 16.3. The lowest BCUT2D eigenvalue weighted by Gasteiger charge is -2.34. The summed E-state index contributed by atoms with van der Waals surface area (Å²) in [6, 6.07) is 0. The van der Waals surface area contributed by atoms with Crippen molar-refractivity contribution in [2.24, 2.45) is 10.8 Å². The van der Waals surface area contributed by atoms with E-state index in [-0.39, 0.29) is 11.2 Å². The highest BCUT2D eigenvalue weighted by molar-refractivity contribution is 7.80. The lowest BCUT2D eigenvalue weighted by Crippen LogP contribution is -2.50. The van der Waals surface area contributed by atoms with Gasteiger partial charge in [0.15, 0.2) is 5.11 Å². The average molecular weight is 359 g/mol. The van der Waals surface area contributed by atoms with E-state index in [2.05, 4.69) is 34.2 Å². The maximum atomic E-state index is 12.1. The van der Waals surface area contributed by atoms with Gasteiger partial charge in [-0.05, 0) is 32.2 Å². The third kappa shape index (κ3) is 7.89. The number of hydrogen-bond donors (Lipinski definition) is 2. The molecule has 138 valence electrons. The Kier molecular flexibility index (Phi) is 9.58. The van der Waals surface area contributed by atoms with E-state index in [9.17, 15) is 4.79 Å². The van der Waals surface area contributed by atoms with Crippen LogP contribution >= 0.6 is 12.2 Å². The second-order valence-electron chi connectivity index (χ2n) is 5.73. The molecular weight excluding hydrogens is 328 g/mol. The second kappa shape index (κ2) is 11.2. The van der Waals surface area contributed by atoms with E-state index in [0.717, 1.165) is 45.0 Å². The van der Waals surface area contributed by atoms with Crippen LogP contribution < -0.4 is 11.2 Å². The molecular formula is C15H30N6O2S. The summed E-state index contributed by atoms with van der Waals surface area (Å²) in [5, 5.41) is 4.25. The first-order chi connectivity index (χ1) is 11.5. The van der Waals surface area contributed by atoms with Crippen molar-refractivity contribution in [1.82, 2.24) is 20.1 Å². The molecule has 1 saturated heterocycles. The number of nitrogens with zero attached hydrogens (tertiary/aromatic N) is 4. The van der Waals surface area contributed by atoms with Gasteiger partial charge in [-0.2, -0.15) is 5.10 Å². The highest BCUT2D eigenvalue weighted by Crippen LogP contribution is 2.04. The molecule has 0 aromatic carbocycles. The SMILES string of the molecule is CCN(CC)CCOC(=O)N1CCN(C/C(C)=N/NC(N)=S)CC1. The predicted molar refractivity (Wildman–Crippen MR) is 100 cm³/mol. The van der Waals surface area contributed by atoms with Gasteiger partial charge in [-0.25, -0.2) is 4.79 Å². The van der Waals surface area contributed by atoms with Gasteiger partial charge in [-0.3, -0.25) is 10.3 Å². The van der Waals surface area contributed by atoms with Crippen LogP contribution in [-0.4, -0.2) is 90.6 Å². The zero-order chi connectivity index (χ0) is 17.9. The molecule has 0 bridgehead atoms. The van der Waals surface area contributed by atoms with E-state index in [1.807, 2.05) is 6.92 Å². The number of thiocarbonyl (C=S) groups is 1. The van der Waals surface area contributed by atoms with Gasteiger partial charge in [0.2, 0.25) is 0 Å². The van der Waals surface area contributed by atoms with E-state index in [0.29, 0.717) is 19.7 Å². The topological polar surface area (TPSA) is 86.4 Å². The van der Waals surface area contributed by atoms with Crippen LogP contribution in [0.2, 0.25) is 0 Å². The summed E-state index contributed by atoms with van der Waals surface area (Å²) in [6.45, 7) is 12.9. The Morgan fingerprint density at radius 2 is 1.92 bits per heavy atom. The summed E-state index contributed by atoms with van der Waals surface area (Å²) in [4.78, 5) is 18.3. The van der Waals surface area contributed by atoms with Crippen LogP contribution in [0.1, 0.15) is 20.8 Å². The van der Waals surface area contributed by atoms with E-state index in [4.69, 9.17) is 22.7 Å². The molecule has 0 unspecified atom stereocenters. The number of hydrazone groups is 1. The van der Waals surface area contributed by atoms with Gasteiger partial charge in [0.25, 0.3) is 0 Å². The van der Waals surface area contributed by atoms with Crippen LogP contribution in [-0.2, 0) is 4.74 Å². The molecule has 8 nitrogen and oxygen atoms in total. The number of carbonyl (C=O) groups is 1. The first kappa shape index (κ1) is 20.6. The fourth-order valence-corrected chi connectivity index (χ4v) is 2.54. The minimum atomic E-state index is -0.220. The minimum absolute atomic E-state index is 0.159. The summed E-state index contributed by atoms with van der Waals surface area (Å²) < 4.78 is 5.36. The summed E-state index contributed by atoms with van der Waals surface area (Å²) in [5.74, 6) is 0. The number of rotatable bonds is 8. The maximum Gasteiger partial charge on any atom is 0.409 e. The zero-order valence-corrected chi connectivity index (χ0v) is 15.8. The summed E-state index contributed by atoms with van der Waals surface area (Å²) in [7, 11) is 0. The van der Waals surface area contributed by atoms with E-state index < -0.39 is 0 Å². The van der Waals surface area contributed by atoms with Crippen molar-refractivity contribution in [1.29, 1.82) is 0 Å². The number of ether oxygens (including phenoxy) is 1. The maximum absolute atomic E-state index is 12.1. The van der Waals surface area contributed by atoms with Crippen LogP contribution in [0.15, 0.2) is 5.10 Å². The molecule has 0 atom stereocenters. The molecule has 0 saturated carbocycles. The molecule has 0 aliphatic carbocycles. The third-order valence-electron chi connectivity index (χ3n) is 3.97. The van der Waals surface area contributed by atoms with Crippen LogP contribution in [0.3, 0.4) is 0 Å². The van der Waals surface area contributed by atoms with Crippen LogP contribution in [0.5, 0.6) is 0 Å². The molecule has 1 heterocycles. The molecule has 0 spiro atoms. The standard InChI is InChI=1S/C15H30N6O2S/c1-4-19(5-2)10-11-23-15(22)21-8-6-20(7-9-21)12-13(3)17-18-14(16)24/h4-12H2,1-3H3,(H3,16,18,24)/b17-13+. The number of nitrogens with one attached hydrogen (secondary N) is 1. The van der Waals surface area contributed by atoms with E-state index in [1.54, 1.807) is 4.90 Å². The fourth-order valence-electron chi connectivity index (χ4n) is 2.49. The molecule has 1 amide bonds. The molecule has 1 fully saturated rings. The van der Waals surface area contributed by atoms with Crippen LogP contribution in [0.25, 0.3) is 0 Å². The zero-order valence-electron chi connectivity index (χ0n) is 15.0. The number of carbonyl (C=O) groups excluding carboxylic acids is 1. The van der Waals surface area contributed by atoms with Gasteiger partial charge in [0.1, 0.15) is 6.61 Å². The van der Waals surface area contributed by atoms with Crippen molar-refractivity contribution in [3.63, 3.8) is 0 Å².